The molecule has 5 heteroatoms. The van der Waals surface area contributed by atoms with Gasteiger partial charge in [-0.15, -0.1) is 0 Å². The Kier molecular flexibility index (Phi) is 6.56. The zero-order valence-corrected chi connectivity index (χ0v) is 12.1. The third kappa shape index (κ3) is 5.73. The molecule has 0 heterocycles. The van der Waals surface area contributed by atoms with Crippen LogP contribution in [-0.4, -0.2) is 31.1 Å². The van der Waals surface area contributed by atoms with Crippen LogP contribution in [0.2, 0.25) is 0 Å². The second-order valence-corrected chi connectivity index (χ2v) is 4.57. The molecule has 110 valence electrons. The maximum atomic E-state index is 11.4. The van der Waals surface area contributed by atoms with Gasteiger partial charge in [0.15, 0.2) is 0 Å². The number of amides is 1. The Morgan fingerprint density at radius 1 is 1.20 bits per heavy atom. The first kappa shape index (κ1) is 16.0. The highest BCUT2D eigenvalue weighted by molar-refractivity contribution is 5.89. The SMILES string of the molecule is CCOC(=O)c1ccc(OCCC(=O)NC(C)C)cc1. The van der Waals surface area contributed by atoms with Gasteiger partial charge in [-0.3, -0.25) is 4.79 Å². The molecule has 0 aliphatic rings. The minimum atomic E-state index is -0.352. The average molecular weight is 279 g/mol. The molecule has 20 heavy (non-hydrogen) atoms. The Labute approximate surface area is 119 Å². The van der Waals surface area contributed by atoms with Crippen molar-refractivity contribution in [1.82, 2.24) is 5.32 Å². The quantitative estimate of drug-likeness (QED) is 0.777. The summed E-state index contributed by atoms with van der Waals surface area (Å²) in [6.07, 6.45) is 0.303. The van der Waals surface area contributed by atoms with Gasteiger partial charge in [0.2, 0.25) is 5.91 Å². The zero-order chi connectivity index (χ0) is 15.0. The Balaban J connectivity index is 2.38. The predicted molar refractivity (Wildman–Crippen MR) is 75.8 cm³/mol. The molecule has 0 atom stereocenters. The summed E-state index contributed by atoms with van der Waals surface area (Å²) in [6, 6.07) is 6.79. The van der Waals surface area contributed by atoms with Crippen LogP contribution < -0.4 is 10.1 Å². The van der Waals surface area contributed by atoms with Crippen molar-refractivity contribution in [3.8, 4) is 5.75 Å². The Hall–Kier alpha value is -2.04. The van der Waals surface area contributed by atoms with Gasteiger partial charge in [0.25, 0.3) is 0 Å². The monoisotopic (exact) mass is 279 g/mol. The fraction of sp³-hybridized carbons (Fsp3) is 0.467. The summed E-state index contributed by atoms with van der Waals surface area (Å²) >= 11 is 0. The summed E-state index contributed by atoms with van der Waals surface area (Å²) in [6.45, 7) is 6.23. The largest absolute Gasteiger partial charge is 0.493 e. The number of carbonyl (C=O) groups excluding carboxylic acids is 2. The van der Waals surface area contributed by atoms with Crippen LogP contribution in [0.5, 0.6) is 5.75 Å². The first-order valence-corrected chi connectivity index (χ1v) is 6.72. The number of esters is 1. The van der Waals surface area contributed by atoms with E-state index in [4.69, 9.17) is 9.47 Å². The van der Waals surface area contributed by atoms with Crippen LogP contribution >= 0.6 is 0 Å². The van der Waals surface area contributed by atoms with Crippen molar-refractivity contribution in [3.05, 3.63) is 29.8 Å². The van der Waals surface area contributed by atoms with E-state index in [1.54, 1.807) is 31.2 Å². The molecular weight excluding hydrogens is 258 g/mol. The van der Waals surface area contributed by atoms with Gasteiger partial charge in [0.1, 0.15) is 5.75 Å². The van der Waals surface area contributed by atoms with Gasteiger partial charge in [-0.1, -0.05) is 0 Å². The Bertz CT molecular complexity index is 440. The van der Waals surface area contributed by atoms with Crippen LogP contribution in [0.4, 0.5) is 0 Å². The highest BCUT2D eigenvalue weighted by Gasteiger charge is 2.07. The molecule has 0 aliphatic heterocycles. The summed E-state index contributed by atoms with van der Waals surface area (Å²) in [4.78, 5) is 22.9. The summed E-state index contributed by atoms with van der Waals surface area (Å²) < 4.78 is 10.3. The Morgan fingerprint density at radius 3 is 2.40 bits per heavy atom. The minimum Gasteiger partial charge on any atom is -0.493 e. The first-order valence-electron chi connectivity index (χ1n) is 6.72. The molecule has 0 aliphatic carbocycles. The molecule has 0 radical (unpaired) electrons. The predicted octanol–water partition coefficient (Wildman–Crippen LogP) is 2.16. The van der Waals surface area contributed by atoms with E-state index in [9.17, 15) is 9.59 Å². The second kappa shape index (κ2) is 8.19. The number of nitrogens with one attached hydrogen (secondary N) is 1. The number of rotatable bonds is 7. The molecule has 1 rings (SSSR count). The van der Waals surface area contributed by atoms with Gasteiger partial charge < -0.3 is 14.8 Å². The number of carbonyl (C=O) groups is 2. The molecule has 0 aromatic heterocycles. The van der Waals surface area contributed by atoms with Crippen molar-refractivity contribution < 1.29 is 19.1 Å². The summed E-state index contributed by atoms with van der Waals surface area (Å²) in [5.41, 5.74) is 0.483. The van der Waals surface area contributed by atoms with E-state index in [0.29, 0.717) is 30.9 Å². The summed E-state index contributed by atoms with van der Waals surface area (Å²) in [5, 5.41) is 2.79. The van der Waals surface area contributed by atoms with Crippen molar-refractivity contribution in [2.75, 3.05) is 13.2 Å². The normalized spacial score (nSPS) is 10.2. The van der Waals surface area contributed by atoms with Gasteiger partial charge in [-0.25, -0.2) is 4.79 Å². The highest BCUT2D eigenvalue weighted by atomic mass is 16.5. The fourth-order valence-electron chi connectivity index (χ4n) is 1.56. The van der Waals surface area contributed by atoms with Crippen molar-refractivity contribution in [2.45, 2.75) is 33.2 Å². The molecule has 0 saturated heterocycles. The van der Waals surface area contributed by atoms with Gasteiger partial charge in [-0.2, -0.15) is 0 Å². The second-order valence-electron chi connectivity index (χ2n) is 4.57. The lowest BCUT2D eigenvalue weighted by Gasteiger charge is -2.09. The van der Waals surface area contributed by atoms with E-state index >= 15 is 0 Å². The molecule has 1 amide bonds. The van der Waals surface area contributed by atoms with E-state index < -0.39 is 0 Å². The molecule has 0 unspecified atom stereocenters. The number of benzene rings is 1. The van der Waals surface area contributed by atoms with Gasteiger partial charge >= 0.3 is 5.97 Å². The van der Waals surface area contributed by atoms with Crippen molar-refractivity contribution >= 4 is 11.9 Å². The van der Waals surface area contributed by atoms with Crippen LogP contribution in [0.3, 0.4) is 0 Å². The molecule has 0 bridgehead atoms. The van der Waals surface area contributed by atoms with E-state index in [-0.39, 0.29) is 17.9 Å². The van der Waals surface area contributed by atoms with Crippen molar-refractivity contribution in [3.63, 3.8) is 0 Å². The standard InChI is InChI=1S/C15H21NO4/c1-4-19-15(18)12-5-7-13(8-6-12)20-10-9-14(17)16-11(2)3/h5-8,11H,4,9-10H2,1-3H3,(H,16,17). The maximum absolute atomic E-state index is 11.4. The summed E-state index contributed by atoms with van der Waals surface area (Å²) in [7, 11) is 0. The van der Waals surface area contributed by atoms with Crippen LogP contribution in [0.25, 0.3) is 0 Å². The Morgan fingerprint density at radius 2 is 1.85 bits per heavy atom. The lowest BCUT2D eigenvalue weighted by molar-refractivity contribution is -0.122. The van der Waals surface area contributed by atoms with E-state index in [1.165, 1.54) is 0 Å². The minimum absolute atomic E-state index is 0.0388. The molecule has 0 fully saturated rings. The molecule has 1 aromatic carbocycles. The number of ether oxygens (including phenoxy) is 2. The van der Waals surface area contributed by atoms with Crippen LogP contribution in [-0.2, 0) is 9.53 Å². The number of hydrogen-bond acceptors (Lipinski definition) is 4. The van der Waals surface area contributed by atoms with Crippen LogP contribution in [0, 0.1) is 0 Å². The molecular formula is C15H21NO4. The fourth-order valence-corrected chi connectivity index (χ4v) is 1.56. The van der Waals surface area contributed by atoms with Crippen molar-refractivity contribution in [2.24, 2.45) is 0 Å². The van der Waals surface area contributed by atoms with E-state index in [2.05, 4.69) is 5.32 Å². The van der Waals surface area contributed by atoms with Crippen LogP contribution in [0.1, 0.15) is 37.6 Å². The van der Waals surface area contributed by atoms with E-state index in [1.807, 2.05) is 13.8 Å². The zero-order valence-electron chi connectivity index (χ0n) is 12.1. The molecule has 5 nitrogen and oxygen atoms in total. The molecule has 1 aromatic rings. The molecule has 1 N–H and O–H groups in total. The third-order valence-corrected chi connectivity index (χ3v) is 2.41. The number of hydrogen-bond donors (Lipinski definition) is 1. The smallest absolute Gasteiger partial charge is 0.338 e. The van der Waals surface area contributed by atoms with E-state index in [0.717, 1.165) is 0 Å². The molecule has 0 spiro atoms. The van der Waals surface area contributed by atoms with Crippen LogP contribution in [0.15, 0.2) is 24.3 Å². The third-order valence-electron chi connectivity index (χ3n) is 2.41. The lowest BCUT2D eigenvalue weighted by atomic mass is 10.2. The maximum Gasteiger partial charge on any atom is 0.338 e. The highest BCUT2D eigenvalue weighted by Crippen LogP contribution is 2.13. The first-order chi connectivity index (χ1) is 9.52. The summed E-state index contributed by atoms with van der Waals surface area (Å²) in [5.74, 6) is 0.230. The van der Waals surface area contributed by atoms with Gasteiger partial charge in [0, 0.05) is 6.04 Å². The lowest BCUT2D eigenvalue weighted by Crippen LogP contribution is -2.31. The van der Waals surface area contributed by atoms with Crippen molar-refractivity contribution in [1.29, 1.82) is 0 Å². The topological polar surface area (TPSA) is 64.6 Å². The molecule has 0 saturated carbocycles. The van der Waals surface area contributed by atoms with Gasteiger partial charge in [-0.05, 0) is 45.0 Å². The average Bonchev–Trinajstić information content (AvgIpc) is 2.39. The van der Waals surface area contributed by atoms with Gasteiger partial charge in [0.05, 0.1) is 25.2 Å².